The number of carboxylic acid groups (broad SMARTS) is 1. The number of carbonyl (C=O) groups is 5. The number of aliphatic carboxylic acids is 1. The van der Waals surface area contributed by atoms with E-state index in [0.717, 1.165) is 5.01 Å². The quantitative estimate of drug-likeness (QED) is 0.305. The van der Waals surface area contributed by atoms with Crippen LogP contribution >= 0.6 is 0 Å². The molecule has 3 aliphatic heterocycles. The van der Waals surface area contributed by atoms with Crippen LogP contribution in [0.25, 0.3) is 0 Å². The number of carboxylic acids is 1. The highest BCUT2D eigenvalue weighted by Crippen LogP contribution is 2.34. The number of para-hydroxylation sites is 1. The van der Waals surface area contributed by atoms with Crippen LogP contribution in [0.4, 0.5) is 15.3 Å². The molecule has 4 N–H and O–H groups in total. The van der Waals surface area contributed by atoms with Crippen molar-refractivity contribution >= 4 is 35.9 Å². The number of fused-ring (bicyclic) bond motifs is 1. The zero-order chi connectivity index (χ0) is 24.2. The number of urea groups is 2. The first kappa shape index (κ1) is 23.4. The molecule has 1 aromatic rings. The molecule has 3 aliphatic rings. The third-order valence-electron chi connectivity index (χ3n) is 5.82. The van der Waals surface area contributed by atoms with Crippen LogP contribution in [0, 0.1) is 0 Å². The third kappa shape index (κ3) is 5.26. The van der Waals surface area contributed by atoms with Crippen LogP contribution in [-0.2, 0) is 19.1 Å². The molecule has 13 heteroatoms. The standard InChI is InChI=1S/C21H26N6O7/c28-12-14(11-17(30)31)22-19-18(34-19)15-7-4-9-26-16(29)8-10-25(21(33)27(15)26)24-20(32)23-13-5-2-1-3-6-13/h1-3,5-6,12,14-15,18-19,22H,4,7-11H2,(H,30,31)(H2,23,24,32)/t14-,15-,18?,19?/m0/s1. The molecule has 0 saturated carbocycles. The van der Waals surface area contributed by atoms with Crippen molar-refractivity contribution in [1.29, 1.82) is 0 Å². The number of ether oxygens (including phenoxy) is 1. The van der Waals surface area contributed by atoms with Gasteiger partial charge >= 0.3 is 18.0 Å². The Balaban J connectivity index is 1.44. The SMILES string of the molecule is O=C[C@H](CC(=O)O)NC1OC1[C@@H]1CCCN2C(=O)CCN(NC(=O)Nc3ccccc3)C(=O)N12. The molecule has 0 bridgehead atoms. The number of hydrogen-bond donors (Lipinski definition) is 4. The second kappa shape index (κ2) is 10.1. The largest absolute Gasteiger partial charge is 0.481 e. The molecule has 34 heavy (non-hydrogen) atoms. The fourth-order valence-corrected chi connectivity index (χ4v) is 4.21. The predicted molar refractivity (Wildman–Crippen MR) is 116 cm³/mol. The van der Waals surface area contributed by atoms with E-state index < -0.39 is 48.9 Å². The van der Waals surface area contributed by atoms with Gasteiger partial charge in [0.15, 0.2) is 0 Å². The zero-order valence-corrected chi connectivity index (χ0v) is 18.3. The average Bonchev–Trinajstić information content (AvgIpc) is 3.60. The summed E-state index contributed by atoms with van der Waals surface area (Å²) in [6, 6.07) is 6.05. The molecule has 3 heterocycles. The van der Waals surface area contributed by atoms with Crippen LogP contribution in [-0.4, -0.2) is 87.9 Å². The Morgan fingerprint density at radius 1 is 1.21 bits per heavy atom. The minimum atomic E-state index is -1.13. The molecule has 0 aromatic heterocycles. The fraction of sp³-hybridized carbons (Fsp3) is 0.476. The first-order valence-corrected chi connectivity index (χ1v) is 11.0. The highest BCUT2D eigenvalue weighted by atomic mass is 16.6. The van der Waals surface area contributed by atoms with Gasteiger partial charge in [0.1, 0.15) is 18.6 Å². The lowest BCUT2D eigenvalue weighted by molar-refractivity contribution is -0.151. The molecule has 2 unspecified atom stereocenters. The number of hydrazine groups is 2. The monoisotopic (exact) mass is 474 g/mol. The summed E-state index contributed by atoms with van der Waals surface area (Å²) in [6.45, 7) is 0.352. The van der Waals surface area contributed by atoms with Crippen molar-refractivity contribution in [3.63, 3.8) is 0 Å². The number of epoxide rings is 1. The maximum Gasteiger partial charge on any atom is 0.358 e. The van der Waals surface area contributed by atoms with Crippen LogP contribution < -0.4 is 16.1 Å². The molecule has 0 spiro atoms. The van der Waals surface area contributed by atoms with E-state index in [1.807, 2.05) is 0 Å². The first-order chi connectivity index (χ1) is 16.4. The smallest absolute Gasteiger partial charge is 0.358 e. The number of hydrogen-bond acceptors (Lipinski definition) is 7. The van der Waals surface area contributed by atoms with Gasteiger partial charge in [0.25, 0.3) is 0 Å². The summed E-state index contributed by atoms with van der Waals surface area (Å²) in [5.41, 5.74) is 3.05. The molecular weight excluding hydrogens is 448 g/mol. The second-order valence-corrected chi connectivity index (χ2v) is 8.22. The van der Waals surface area contributed by atoms with Gasteiger partial charge in [0.2, 0.25) is 5.91 Å². The average molecular weight is 474 g/mol. The minimum Gasteiger partial charge on any atom is -0.481 e. The molecule has 3 fully saturated rings. The van der Waals surface area contributed by atoms with Crippen LogP contribution in [0.5, 0.6) is 0 Å². The van der Waals surface area contributed by atoms with Crippen molar-refractivity contribution in [3.8, 4) is 0 Å². The minimum absolute atomic E-state index is 0.00136. The van der Waals surface area contributed by atoms with Crippen LogP contribution in [0.2, 0.25) is 0 Å². The molecule has 0 aliphatic carbocycles. The van der Waals surface area contributed by atoms with E-state index in [-0.39, 0.29) is 18.9 Å². The Morgan fingerprint density at radius 2 is 1.97 bits per heavy atom. The lowest BCUT2D eigenvalue weighted by atomic mass is 10.0. The van der Waals surface area contributed by atoms with Gasteiger partial charge in [-0.15, -0.1) is 0 Å². The summed E-state index contributed by atoms with van der Waals surface area (Å²) in [7, 11) is 0. The molecule has 13 nitrogen and oxygen atoms in total. The number of anilines is 1. The van der Waals surface area contributed by atoms with Crippen molar-refractivity contribution < 1.29 is 33.8 Å². The number of aldehydes is 1. The van der Waals surface area contributed by atoms with Gasteiger partial charge in [-0.25, -0.2) is 30.0 Å². The van der Waals surface area contributed by atoms with E-state index in [1.54, 1.807) is 30.3 Å². The molecule has 3 saturated heterocycles. The number of nitrogens with one attached hydrogen (secondary N) is 3. The summed E-state index contributed by atoms with van der Waals surface area (Å²) in [5, 5.41) is 18.2. The Kier molecular flexibility index (Phi) is 6.93. The van der Waals surface area contributed by atoms with Crippen molar-refractivity contribution in [2.24, 2.45) is 0 Å². The third-order valence-corrected chi connectivity index (χ3v) is 5.82. The molecule has 1 aromatic carbocycles. The van der Waals surface area contributed by atoms with E-state index >= 15 is 0 Å². The number of rotatable bonds is 8. The maximum absolute atomic E-state index is 13.4. The van der Waals surface area contributed by atoms with Crippen LogP contribution in [0.3, 0.4) is 0 Å². The van der Waals surface area contributed by atoms with E-state index in [1.165, 1.54) is 10.0 Å². The number of benzene rings is 1. The Labute approximate surface area is 194 Å². The summed E-state index contributed by atoms with van der Waals surface area (Å²) in [5.74, 6) is -1.39. The number of carbonyl (C=O) groups excluding carboxylic acids is 4. The van der Waals surface area contributed by atoms with E-state index in [9.17, 15) is 24.0 Å². The van der Waals surface area contributed by atoms with Gasteiger partial charge in [-0.3, -0.25) is 14.9 Å². The zero-order valence-electron chi connectivity index (χ0n) is 18.3. The highest BCUT2D eigenvalue weighted by molar-refractivity contribution is 5.91. The van der Waals surface area contributed by atoms with Gasteiger partial charge in [0.05, 0.1) is 25.0 Å². The van der Waals surface area contributed by atoms with E-state index in [0.29, 0.717) is 31.4 Å². The summed E-state index contributed by atoms with van der Waals surface area (Å²) in [4.78, 5) is 60.7. The molecule has 0 radical (unpaired) electrons. The molecule has 5 amide bonds. The van der Waals surface area contributed by atoms with Gasteiger partial charge in [0, 0.05) is 18.7 Å². The molecular formula is C21H26N6O7. The lowest BCUT2D eigenvalue weighted by Crippen LogP contribution is -2.63. The molecule has 4 rings (SSSR count). The van der Waals surface area contributed by atoms with E-state index in [4.69, 9.17) is 9.84 Å². The topological polar surface area (TPSA) is 164 Å². The number of amides is 5. The van der Waals surface area contributed by atoms with Gasteiger partial charge < -0.3 is 20.0 Å². The van der Waals surface area contributed by atoms with Crippen molar-refractivity contribution in [3.05, 3.63) is 30.3 Å². The second-order valence-electron chi connectivity index (χ2n) is 8.22. The van der Waals surface area contributed by atoms with E-state index in [2.05, 4.69) is 16.1 Å². The number of nitrogens with zero attached hydrogens (tertiary/aromatic N) is 3. The molecule has 4 atom stereocenters. The normalized spacial score (nSPS) is 25.2. The molecule has 182 valence electrons. The summed E-state index contributed by atoms with van der Waals surface area (Å²) < 4.78 is 5.63. The highest BCUT2D eigenvalue weighted by Gasteiger charge is 2.53. The van der Waals surface area contributed by atoms with Crippen molar-refractivity contribution in [2.45, 2.75) is 50.1 Å². The van der Waals surface area contributed by atoms with Gasteiger partial charge in [-0.1, -0.05) is 18.2 Å². The van der Waals surface area contributed by atoms with Gasteiger partial charge in [-0.05, 0) is 25.0 Å². The first-order valence-electron chi connectivity index (χ1n) is 11.0. The Bertz CT molecular complexity index is 960. The van der Waals surface area contributed by atoms with Crippen LogP contribution in [0.1, 0.15) is 25.7 Å². The fourth-order valence-electron chi connectivity index (χ4n) is 4.21. The summed E-state index contributed by atoms with van der Waals surface area (Å²) in [6.07, 6.45) is 0.135. The Hall–Kier alpha value is -3.71. The Morgan fingerprint density at radius 3 is 2.68 bits per heavy atom. The lowest BCUT2D eigenvalue weighted by Gasteiger charge is -2.43. The predicted octanol–water partition coefficient (Wildman–Crippen LogP) is 0.114. The van der Waals surface area contributed by atoms with Crippen LogP contribution in [0.15, 0.2) is 30.3 Å². The van der Waals surface area contributed by atoms with Crippen molar-refractivity contribution in [1.82, 2.24) is 25.8 Å². The summed E-state index contributed by atoms with van der Waals surface area (Å²) >= 11 is 0. The van der Waals surface area contributed by atoms with Gasteiger partial charge in [-0.2, -0.15) is 0 Å². The van der Waals surface area contributed by atoms with Crippen molar-refractivity contribution in [2.75, 3.05) is 18.4 Å². The maximum atomic E-state index is 13.4.